The van der Waals surface area contributed by atoms with Crippen LogP contribution >= 0.6 is 11.8 Å². The number of nitrogens with zero attached hydrogens (tertiary/aromatic N) is 3. The molecular weight excluding hydrogens is 401 g/mol. The molecule has 1 unspecified atom stereocenters. The molecule has 2 heterocycles. The number of thioether (sulfide) groups is 1. The van der Waals surface area contributed by atoms with Crippen LogP contribution in [0.3, 0.4) is 0 Å². The maximum absolute atomic E-state index is 13.2. The topological polar surface area (TPSA) is 49.2 Å². The van der Waals surface area contributed by atoms with E-state index in [2.05, 4.69) is 10.2 Å². The highest BCUT2D eigenvalue weighted by atomic mass is 32.2. The lowest BCUT2D eigenvalue weighted by Gasteiger charge is -2.26. The maximum atomic E-state index is 13.2. The van der Waals surface area contributed by atoms with Crippen molar-refractivity contribution in [1.82, 2.24) is 14.8 Å². The predicted octanol–water partition coefficient (Wildman–Crippen LogP) is 5.21. The summed E-state index contributed by atoms with van der Waals surface area (Å²) in [5.74, 6) is 2.50. The lowest BCUT2D eigenvalue weighted by molar-refractivity contribution is 0.0835. The van der Waals surface area contributed by atoms with Gasteiger partial charge in [-0.1, -0.05) is 54.2 Å². The molecule has 0 fully saturated rings. The molecule has 5 rings (SSSR count). The Morgan fingerprint density at radius 1 is 0.900 bits per heavy atom. The van der Waals surface area contributed by atoms with Gasteiger partial charge in [0.2, 0.25) is 0 Å². The van der Waals surface area contributed by atoms with Crippen LogP contribution in [0.2, 0.25) is 0 Å². The van der Waals surface area contributed by atoms with Gasteiger partial charge in [0.25, 0.3) is 0 Å². The zero-order chi connectivity index (χ0) is 20.3. The first kappa shape index (κ1) is 18.7. The lowest BCUT2D eigenvalue weighted by Crippen LogP contribution is -2.24. The second-order valence-corrected chi connectivity index (χ2v) is 7.73. The van der Waals surface area contributed by atoms with Gasteiger partial charge in [-0.3, -0.25) is 4.57 Å². The highest BCUT2D eigenvalue weighted by Crippen LogP contribution is 2.37. The van der Waals surface area contributed by atoms with Gasteiger partial charge in [-0.25, -0.2) is 4.39 Å². The summed E-state index contributed by atoms with van der Waals surface area (Å²) in [6, 6.07) is 24.0. The van der Waals surface area contributed by atoms with Gasteiger partial charge in [0.1, 0.15) is 12.4 Å². The molecule has 0 saturated carbocycles. The van der Waals surface area contributed by atoms with Crippen molar-refractivity contribution >= 4 is 11.8 Å². The molecule has 30 heavy (non-hydrogen) atoms. The molecule has 3 aromatic carbocycles. The van der Waals surface area contributed by atoms with Crippen LogP contribution in [0.25, 0.3) is 5.69 Å². The van der Waals surface area contributed by atoms with Gasteiger partial charge in [-0.05, 0) is 42.0 Å². The summed E-state index contributed by atoms with van der Waals surface area (Å²) in [5, 5.41) is 9.60. The van der Waals surface area contributed by atoms with Crippen molar-refractivity contribution in [2.45, 2.75) is 17.0 Å². The number of hydrogen-bond donors (Lipinski definition) is 0. The number of rotatable bonds is 5. The molecule has 0 saturated heterocycles. The number of para-hydroxylation sites is 3. The van der Waals surface area contributed by atoms with E-state index in [1.54, 1.807) is 23.9 Å². The SMILES string of the molecule is Fc1ccc(CSc2nnc(C3COc4ccccc4O3)n2-c2ccccc2)cc1. The molecule has 1 aliphatic rings. The quantitative estimate of drug-likeness (QED) is 0.416. The summed E-state index contributed by atoms with van der Waals surface area (Å²) >= 11 is 1.54. The minimum absolute atomic E-state index is 0.242. The largest absolute Gasteiger partial charge is 0.485 e. The number of fused-ring (bicyclic) bond motifs is 1. The molecule has 0 spiro atoms. The fourth-order valence-electron chi connectivity index (χ4n) is 3.28. The van der Waals surface area contributed by atoms with Gasteiger partial charge in [0.05, 0.1) is 0 Å². The molecule has 150 valence electrons. The van der Waals surface area contributed by atoms with Crippen LogP contribution in [0.5, 0.6) is 11.5 Å². The van der Waals surface area contributed by atoms with E-state index in [0.717, 1.165) is 22.2 Å². The van der Waals surface area contributed by atoms with Crippen LogP contribution < -0.4 is 9.47 Å². The van der Waals surface area contributed by atoms with Crippen molar-refractivity contribution in [1.29, 1.82) is 0 Å². The Bertz CT molecular complexity index is 1150. The first-order chi connectivity index (χ1) is 14.8. The van der Waals surface area contributed by atoms with Crippen molar-refractivity contribution in [3.8, 4) is 17.2 Å². The molecule has 0 N–H and O–H groups in total. The Kier molecular flexibility index (Phi) is 5.11. The summed E-state index contributed by atoms with van der Waals surface area (Å²) in [6.45, 7) is 0.352. The molecule has 1 aromatic heterocycles. The number of ether oxygens (including phenoxy) is 2. The Morgan fingerprint density at radius 2 is 1.63 bits per heavy atom. The Labute approximate surface area is 177 Å². The van der Waals surface area contributed by atoms with Gasteiger partial charge in [0, 0.05) is 11.4 Å². The van der Waals surface area contributed by atoms with E-state index in [9.17, 15) is 4.39 Å². The monoisotopic (exact) mass is 419 g/mol. The van der Waals surface area contributed by atoms with Gasteiger partial charge < -0.3 is 9.47 Å². The number of benzene rings is 3. The Hall–Kier alpha value is -3.32. The first-order valence-electron chi connectivity index (χ1n) is 9.54. The second kappa shape index (κ2) is 8.20. The number of hydrogen-bond acceptors (Lipinski definition) is 5. The average molecular weight is 419 g/mol. The second-order valence-electron chi connectivity index (χ2n) is 6.79. The third-order valence-corrected chi connectivity index (χ3v) is 5.75. The summed E-state index contributed by atoms with van der Waals surface area (Å²) in [6.07, 6.45) is -0.382. The summed E-state index contributed by atoms with van der Waals surface area (Å²) in [7, 11) is 0. The van der Waals surface area contributed by atoms with Crippen LogP contribution in [-0.2, 0) is 5.75 Å². The third kappa shape index (κ3) is 3.76. The van der Waals surface area contributed by atoms with Crippen LogP contribution in [0.1, 0.15) is 17.5 Å². The minimum Gasteiger partial charge on any atom is -0.485 e. The predicted molar refractivity (Wildman–Crippen MR) is 113 cm³/mol. The van der Waals surface area contributed by atoms with Crippen molar-refractivity contribution in [2.24, 2.45) is 0 Å². The zero-order valence-electron chi connectivity index (χ0n) is 15.9. The lowest BCUT2D eigenvalue weighted by atomic mass is 10.2. The molecule has 0 amide bonds. The first-order valence-corrected chi connectivity index (χ1v) is 10.5. The summed E-state index contributed by atoms with van der Waals surface area (Å²) in [5.41, 5.74) is 1.96. The molecule has 1 atom stereocenters. The molecule has 5 nitrogen and oxygen atoms in total. The van der Waals surface area contributed by atoms with E-state index < -0.39 is 0 Å². The average Bonchev–Trinajstić information content (AvgIpc) is 3.23. The third-order valence-electron chi connectivity index (χ3n) is 4.75. The summed E-state index contributed by atoms with van der Waals surface area (Å²) < 4.78 is 27.2. The minimum atomic E-state index is -0.382. The summed E-state index contributed by atoms with van der Waals surface area (Å²) in [4.78, 5) is 0. The molecule has 7 heteroatoms. The van der Waals surface area contributed by atoms with E-state index >= 15 is 0 Å². The molecule has 0 aliphatic carbocycles. The van der Waals surface area contributed by atoms with Gasteiger partial charge in [0.15, 0.2) is 28.6 Å². The normalized spacial score (nSPS) is 15.2. The smallest absolute Gasteiger partial charge is 0.196 e. The van der Waals surface area contributed by atoms with Crippen LogP contribution in [0.4, 0.5) is 4.39 Å². The van der Waals surface area contributed by atoms with Gasteiger partial charge >= 0.3 is 0 Å². The van der Waals surface area contributed by atoms with Crippen molar-refractivity contribution < 1.29 is 13.9 Å². The van der Waals surface area contributed by atoms with Crippen LogP contribution in [0.15, 0.2) is 84.0 Å². The Morgan fingerprint density at radius 3 is 2.43 bits per heavy atom. The number of halogens is 1. The van der Waals surface area contributed by atoms with Crippen LogP contribution in [-0.4, -0.2) is 21.4 Å². The van der Waals surface area contributed by atoms with Crippen molar-refractivity contribution in [2.75, 3.05) is 6.61 Å². The maximum Gasteiger partial charge on any atom is 0.196 e. The van der Waals surface area contributed by atoms with E-state index in [0.29, 0.717) is 23.9 Å². The standard InChI is InChI=1S/C23H18FN3O2S/c24-17-12-10-16(11-13-17)15-30-23-26-25-22(27(23)18-6-2-1-3-7-18)21-14-28-19-8-4-5-9-20(19)29-21/h1-13,21H,14-15H2. The van der Waals surface area contributed by atoms with E-state index in [1.165, 1.54) is 12.1 Å². The molecule has 0 radical (unpaired) electrons. The molecule has 4 aromatic rings. The van der Waals surface area contributed by atoms with Gasteiger partial charge in [-0.15, -0.1) is 10.2 Å². The highest BCUT2D eigenvalue weighted by Gasteiger charge is 2.29. The fourth-order valence-corrected chi connectivity index (χ4v) is 4.19. The van der Waals surface area contributed by atoms with E-state index in [1.807, 2.05) is 59.2 Å². The van der Waals surface area contributed by atoms with E-state index in [-0.39, 0.29) is 11.9 Å². The van der Waals surface area contributed by atoms with Gasteiger partial charge in [-0.2, -0.15) is 0 Å². The van der Waals surface area contributed by atoms with Crippen LogP contribution in [0, 0.1) is 5.82 Å². The molecular formula is C23H18FN3O2S. The van der Waals surface area contributed by atoms with E-state index in [4.69, 9.17) is 9.47 Å². The molecule has 1 aliphatic heterocycles. The Balaban J connectivity index is 1.47. The fraction of sp³-hybridized carbons (Fsp3) is 0.130. The number of aromatic nitrogens is 3. The van der Waals surface area contributed by atoms with Crippen molar-refractivity contribution in [3.63, 3.8) is 0 Å². The zero-order valence-corrected chi connectivity index (χ0v) is 16.8. The highest BCUT2D eigenvalue weighted by molar-refractivity contribution is 7.98. The molecule has 0 bridgehead atoms. The van der Waals surface area contributed by atoms with Crippen molar-refractivity contribution in [3.05, 3.63) is 96.1 Å².